The Balaban J connectivity index is 4.47. The van der Waals surface area contributed by atoms with Crippen LogP contribution in [0, 0.1) is 0 Å². The minimum Gasteiger partial charge on any atom is -0.449 e. The Morgan fingerprint density at radius 3 is 2.42 bits per heavy atom. The smallest absolute Gasteiger partial charge is 0.436 e. The Hall–Kier alpha value is -1.50. The molecule has 0 aliphatic carbocycles. The van der Waals surface area contributed by atoms with E-state index < -0.39 is 12.2 Å². The molecule has 19 heavy (non-hydrogen) atoms. The molecule has 0 aromatic heterocycles. The third kappa shape index (κ3) is 10.1. The van der Waals surface area contributed by atoms with Crippen LogP contribution in [0.1, 0.15) is 33.6 Å². The number of ether oxygens (including phenoxy) is 2. The lowest BCUT2D eigenvalue weighted by Crippen LogP contribution is -2.29. The summed E-state index contributed by atoms with van der Waals surface area (Å²) in [5.74, 6) is 0. The second-order valence-electron chi connectivity index (χ2n) is 3.38. The molecule has 108 valence electrons. The van der Waals surface area contributed by atoms with Crippen LogP contribution in [-0.2, 0) is 9.47 Å². The highest BCUT2D eigenvalue weighted by Gasteiger charge is 2.09. The Bertz CT molecular complexity index is 343. The second-order valence-corrected chi connectivity index (χ2v) is 4.27. The van der Waals surface area contributed by atoms with Crippen LogP contribution in [0.4, 0.5) is 9.59 Å². The third-order valence-electron chi connectivity index (χ3n) is 1.58. The SMILES string of the molecule is CC=CSC(=NC(=O)OCCC)NC(=O)OCCC. The first-order chi connectivity index (χ1) is 9.13. The number of rotatable bonds is 5. The molecule has 0 aliphatic rings. The van der Waals surface area contributed by atoms with Gasteiger partial charge in [-0.15, -0.1) is 0 Å². The van der Waals surface area contributed by atoms with E-state index >= 15 is 0 Å². The number of amides is 2. The zero-order valence-corrected chi connectivity index (χ0v) is 12.3. The summed E-state index contributed by atoms with van der Waals surface area (Å²) < 4.78 is 9.65. The van der Waals surface area contributed by atoms with Gasteiger partial charge in [-0.1, -0.05) is 31.7 Å². The van der Waals surface area contributed by atoms with Crippen molar-refractivity contribution in [2.45, 2.75) is 33.6 Å². The van der Waals surface area contributed by atoms with Crippen molar-refractivity contribution < 1.29 is 19.1 Å². The predicted molar refractivity (Wildman–Crippen MR) is 76.3 cm³/mol. The molecule has 0 spiro atoms. The van der Waals surface area contributed by atoms with E-state index in [1.165, 1.54) is 0 Å². The van der Waals surface area contributed by atoms with Gasteiger partial charge in [0, 0.05) is 0 Å². The maximum atomic E-state index is 11.4. The van der Waals surface area contributed by atoms with Crippen molar-refractivity contribution >= 4 is 29.1 Å². The fourth-order valence-electron chi connectivity index (χ4n) is 0.839. The average Bonchev–Trinajstić information content (AvgIpc) is 2.40. The summed E-state index contributed by atoms with van der Waals surface area (Å²) in [6.45, 7) is 6.19. The summed E-state index contributed by atoms with van der Waals surface area (Å²) in [5.41, 5.74) is 0. The van der Waals surface area contributed by atoms with E-state index in [1.54, 1.807) is 11.5 Å². The summed E-state index contributed by atoms with van der Waals surface area (Å²) in [4.78, 5) is 26.4. The van der Waals surface area contributed by atoms with E-state index in [0.29, 0.717) is 19.6 Å². The van der Waals surface area contributed by atoms with Gasteiger partial charge >= 0.3 is 12.2 Å². The molecule has 0 bridgehead atoms. The van der Waals surface area contributed by atoms with Gasteiger partial charge in [-0.25, -0.2) is 9.59 Å². The molecule has 1 N–H and O–H groups in total. The van der Waals surface area contributed by atoms with Crippen molar-refractivity contribution in [1.29, 1.82) is 0 Å². The third-order valence-corrected chi connectivity index (χ3v) is 2.41. The normalized spacial score (nSPS) is 11.4. The van der Waals surface area contributed by atoms with Crippen LogP contribution in [0.5, 0.6) is 0 Å². The Kier molecular flexibility index (Phi) is 10.7. The number of allylic oxidation sites excluding steroid dienone is 1. The lowest BCUT2D eigenvalue weighted by molar-refractivity contribution is 0.151. The number of alkyl carbamates (subject to hydrolysis) is 1. The summed E-state index contributed by atoms with van der Waals surface area (Å²) in [7, 11) is 0. The summed E-state index contributed by atoms with van der Waals surface area (Å²) in [5, 5.41) is 4.21. The van der Waals surface area contributed by atoms with Gasteiger partial charge in [-0.2, -0.15) is 4.99 Å². The molecular formula is C12H20N2O4S. The van der Waals surface area contributed by atoms with E-state index in [9.17, 15) is 9.59 Å². The van der Waals surface area contributed by atoms with Crippen molar-refractivity contribution in [3.8, 4) is 0 Å². The first-order valence-corrected chi connectivity index (χ1v) is 6.99. The maximum Gasteiger partial charge on any atom is 0.436 e. The molecule has 6 nitrogen and oxygen atoms in total. The number of hydrogen-bond donors (Lipinski definition) is 1. The standard InChI is InChI=1S/C12H20N2O4S/c1-4-7-17-11(15)13-10(19-9-6-3)14-12(16)18-8-5-2/h6,9H,4-5,7-8H2,1-3H3,(H,13,14,15,16). The molecular weight excluding hydrogens is 268 g/mol. The van der Waals surface area contributed by atoms with Gasteiger partial charge in [-0.05, 0) is 25.2 Å². The van der Waals surface area contributed by atoms with Crippen LogP contribution in [0.25, 0.3) is 0 Å². The van der Waals surface area contributed by atoms with Gasteiger partial charge in [0.25, 0.3) is 0 Å². The van der Waals surface area contributed by atoms with Crippen molar-refractivity contribution in [2.24, 2.45) is 4.99 Å². The highest BCUT2D eigenvalue weighted by Crippen LogP contribution is 2.05. The second kappa shape index (κ2) is 11.6. The predicted octanol–water partition coefficient (Wildman–Crippen LogP) is 3.29. The molecule has 0 aliphatic heterocycles. The van der Waals surface area contributed by atoms with Crippen LogP contribution >= 0.6 is 11.8 Å². The maximum absolute atomic E-state index is 11.4. The van der Waals surface area contributed by atoms with Crippen LogP contribution in [0.3, 0.4) is 0 Å². The topological polar surface area (TPSA) is 77.0 Å². The van der Waals surface area contributed by atoms with Gasteiger partial charge in [0.1, 0.15) is 0 Å². The van der Waals surface area contributed by atoms with Crippen molar-refractivity contribution in [3.05, 3.63) is 11.5 Å². The van der Waals surface area contributed by atoms with E-state index in [1.807, 2.05) is 20.8 Å². The zero-order chi connectivity index (χ0) is 14.5. The first-order valence-electron chi connectivity index (χ1n) is 6.11. The molecule has 2 amide bonds. The first kappa shape index (κ1) is 17.5. The molecule has 0 saturated heterocycles. The molecule has 0 aromatic rings. The summed E-state index contributed by atoms with van der Waals surface area (Å²) >= 11 is 1.10. The molecule has 0 rings (SSSR count). The number of nitrogens with zero attached hydrogens (tertiary/aromatic N) is 1. The van der Waals surface area contributed by atoms with Crippen LogP contribution in [0.2, 0.25) is 0 Å². The molecule has 0 atom stereocenters. The average molecular weight is 288 g/mol. The quantitative estimate of drug-likeness (QED) is 0.620. The lowest BCUT2D eigenvalue weighted by Gasteiger charge is -2.06. The Labute approximate surface area is 117 Å². The largest absolute Gasteiger partial charge is 0.449 e. The fraction of sp³-hybridized carbons (Fsp3) is 0.583. The van der Waals surface area contributed by atoms with Crippen molar-refractivity contribution in [2.75, 3.05) is 13.2 Å². The van der Waals surface area contributed by atoms with Gasteiger partial charge in [0.15, 0.2) is 5.17 Å². The monoisotopic (exact) mass is 288 g/mol. The number of thioether (sulfide) groups is 1. The fourth-order valence-corrected chi connectivity index (χ4v) is 1.37. The van der Waals surface area contributed by atoms with Crippen molar-refractivity contribution in [3.63, 3.8) is 0 Å². The number of nitrogens with one attached hydrogen (secondary N) is 1. The van der Waals surface area contributed by atoms with Crippen molar-refractivity contribution in [1.82, 2.24) is 5.32 Å². The number of amidine groups is 1. The number of carbonyl (C=O) groups is 2. The lowest BCUT2D eigenvalue weighted by atomic mass is 10.5. The zero-order valence-electron chi connectivity index (χ0n) is 11.5. The minimum atomic E-state index is -0.732. The van der Waals surface area contributed by atoms with E-state index in [4.69, 9.17) is 9.47 Å². The molecule has 0 radical (unpaired) electrons. The molecule has 0 heterocycles. The number of carbonyl (C=O) groups excluding carboxylic acids is 2. The molecule has 0 fully saturated rings. The van der Waals surface area contributed by atoms with Crippen LogP contribution in [-0.4, -0.2) is 30.6 Å². The molecule has 0 aromatic carbocycles. The molecule has 0 unspecified atom stereocenters. The number of hydrogen-bond acceptors (Lipinski definition) is 5. The van der Waals surface area contributed by atoms with Gasteiger partial charge in [0.05, 0.1) is 13.2 Å². The van der Waals surface area contributed by atoms with E-state index in [-0.39, 0.29) is 5.17 Å². The Morgan fingerprint density at radius 1 is 1.21 bits per heavy atom. The molecule has 0 saturated carbocycles. The van der Waals surface area contributed by atoms with Gasteiger partial charge < -0.3 is 9.47 Å². The van der Waals surface area contributed by atoms with Crippen LogP contribution in [0.15, 0.2) is 16.5 Å². The number of aliphatic imine (C=N–C) groups is 1. The highest BCUT2D eigenvalue weighted by atomic mass is 32.2. The summed E-state index contributed by atoms with van der Waals surface area (Å²) in [6, 6.07) is 0. The molecule has 7 heteroatoms. The van der Waals surface area contributed by atoms with Gasteiger partial charge in [-0.3, -0.25) is 5.32 Å². The summed E-state index contributed by atoms with van der Waals surface area (Å²) in [6.07, 6.45) is 1.83. The van der Waals surface area contributed by atoms with Crippen LogP contribution < -0.4 is 5.32 Å². The van der Waals surface area contributed by atoms with E-state index in [0.717, 1.165) is 18.2 Å². The highest BCUT2D eigenvalue weighted by molar-refractivity contribution is 8.16. The Morgan fingerprint density at radius 2 is 1.84 bits per heavy atom. The minimum absolute atomic E-state index is 0.125. The van der Waals surface area contributed by atoms with E-state index in [2.05, 4.69) is 10.3 Å². The van der Waals surface area contributed by atoms with Gasteiger partial charge in [0.2, 0.25) is 0 Å².